The molecule has 3 N–H and O–H groups in total. The summed E-state index contributed by atoms with van der Waals surface area (Å²) in [6, 6.07) is 12.5. The van der Waals surface area contributed by atoms with E-state index in [1.165, 1.54) is 6.21 Å². The quantitative estimate of drug-likeness (QED) is 0.203. The van der Waals surface area contributed by atoms with Gasteiger partial charge in [0.1, 0.15) is 5.75 Å². The number of carbonyl (C=O) groups excluding carboxylic acids is 3. The molecule has 0 aromatic heterocycles. The minimum absolute atomic E-state index is 0.127. The van der Waals surface area contributed by atoms with Gasteiger partial charge in [-0.05, 0) is 87.2 Å². The van der Waals surface area contributed by atoms with Crippen molar-refractivity contribution in [1.29, 1.82) is 0 Å². The van der Waals surface area contributed by atoms with Crippen molar-refractivity contribution in [2.24, 2.45) is 5.10 Å². The van der Waals surface area contributed by atoms with E-state index in [9.17, 15) is 14.4 Å². The summed E-state index contributed by atoms with van der Waals surface area (Å²) in [6.07, 6.45) is 2.14. The number of ether oxygens (including phenoxy) is 2. The van der Waals surface area contributed by atoms with Crippen molar-refractivity contribution in [3.05, 3.63) is 59.2 Å². The number of carbonyl (C=O) groups is 3. The topological polar surface area (TPSA) is 118 Å². The Balaban J connectivity index is 1.70. The second-order valence-electron chi connectivity index (χ2n) is 7.93. The first-order valence-electron chi connectivity index (χ1n) is 11.1. The Morgan fingerprint density at radius 1 is 1.00 bits per heavy atom. The van der Waals surface area contributed by atoms with Crippen molar-refractivity contribution in [1.82, 2.24) is 10.7 Å². The van der Waals surface area contributed by atoms with Crippen LogP contribution in [0.2, 0.25) is 0 Å². The maximum atomic E-state index is 12.1. The van der Waals surface area contributed by atoms with E-state index >= 15 is 0 Å². The summed E-state index contributed by atoms with van der Waals surface area (Å²) in [6.45, 7) is 8.57. The molecule has 9 heteroatoms. The standard InChI is InChI=1S/C25H32N4O5/c1-17(2)33-13-5-12-26-24(31)25(32)29-27-15-20-7-10-22(11-8-20)34-16-23(30)28-21-9-6-18(3)19(4)14-21/h6-11,14-15,17H,5,12-13,16H2,1-4H3,(H,26,31)(H,28,30)(H,29,32)/b27-15-. The van der Waals surface area contributed by atoms with Gasteiger partial charge in [0, 0.05) is 18.8 Å². The SMILES string of the molecule is Cc1ccc(NC(=O)COc2ccc(/C=N\NC(=O)C(=O)NCCCOC(C)C)cc2)cc1C. The normalized spacial score (nSPS) is 10.9. The van der Waals surface area contributed by atoms with Gasteiger partial charge in [-0.15, -0.1) is 0 Å². The second-order valence-corrected chi connectivity index (χ2v) is 7.93. The van der Waals surface area contributed by atoms with Gasteiger partial charge in [0.25, 0.3) is 5.91 Å². The van der Waals surface area contributed by atoms with Crippen molar-refractivity contribution < 1.29 is 23.9 Å². The summed E-state index contributed by atoms with van der Waals surface area (Å²) in [5, 5.41) is 9.08. The van der Waals surface area contributed by atoms with Crippen LogP contribution in [0.1, 0.15) is 37.0 Å². The smallest absolute Gasteiger partial charge is 0.329 e. The molecule has 0 heterocycles. The third-order valence-corrected chi connectivity index (χ3v) is 4.68. The summed E-state index contributed by atoms with van der Waals surface area (Å²) < 4.78 is 10.9. The van der Waals surface area contributed by atoms with E-state index in [4.69, 9.17) is 9.47 Å². The molecule has 0 saturated carbocycles. The molecular weight excluding hydrogens is 436 g/mol. The number of amides is 3. The van der Waals surface area contributed by atoms with Crippen LogP contribution in [-0.2, 0) is 19.1 Å². The molecule has 2 aromatic carbocycles. The van der Waals surface area contributed by atoms with Gasteiger partial charge in [-0.3, -0.25) is 14.4 Å². The minimum atomic E-state index is -0.851. The Hall–Kier alpha value is -3.72. The van der Waals surface area contributed by atoms with Gasteiger partial charge in [-0.25, -0.2) is 5.43 Å². The maximum Gasteiger partial charge on any atom is 0.329 e. The lowest BCUT2D eigenvalue weighted by molar-refractivity contribution is -0.139. The van der Waals surface area contributed by atoms with E-state index in [1.807, 2.05) is 45.9 Å². The van der Waals surface area contributed by atoms with Crippen molar-refractivity contribution in [2.75, 3.05) is 25.1 Å². The predicted molar refractivity (Wildman–Crippen MR) is 131 cm³/mol. The van der Waals surface area contributed by atoms with E-state index < -0.39 is 11.8 Å². The Kier molecular flexibility index (Phi) is 10.7. The lowest BCUT2D eigenvalue weighted by Crippen LogP contribution is -2.38. The molecule has 34 heavy (non-hydrogen) atoms. The Morgan fingerprint density at radius 2 is 1.74 bits per heavy atom. The van der Waals surface area contributed by atoms with Gasteiger partial charge in [0.15, 0.2) is 6.61 Å². The molecule has 2 rings (SSSR count). The van der Waals surface area contributed by atoms with Crippen molar-refractivity contribution in [3.8, 4) is 5.75 Å². The average molecular weight is 469 g/mol. The van der Waals surface area contributed by atoms with Crippen LogP contribution in [0.25, 0.3) is 0 Å². The molecule has 9 nitrogen and oxygen atoms in total. The molecule has 2 aromatic rings. The average Bonchev–Trinajstić information content (AvgIpc) is 2.80. The molecule has 0 atom stereocenters. The first kappa shape index (κ1) is 26.5. The number of rotatable bonds is 11. The van der Waals surface area contributed by atoms with Crippen LogP contribution in [-0.4, -0.2) is 49.8 Å². The number of hydrazone groups is 1. The third kappa shape index (κ3) is 9.83. The number of hydrogen-bond acceptors (Lipinski definition) is 6. The van der Waals surface area contributed by atoms with E-state index in [0.717, 1.165) is 16.8 Å². The van der Waals surface area contributed by atoms with Gasteiger partial charge in [-0.2, -0.15) is 5.10 Å². The highest BCUT2D eigenvalue weighted by Gasteiger charge is 2.11. The zero-order chi connectivity index (χ0) is 24.9. The van der Waals surface area contributed by atoms with Crippen LogP contribution in [0.15, 0.2) is 47.6 Å². The summed E-state index contributed by atoms with van der Waals surface area (Å²) in [4.78, 5) is 35.6. The highest BCUT2D eigenvalue weighted by Crippen LogP contribution is 2.15. The van der Waals surface area contributed by atoms with Crippen molar-refractivity contribution >= 4 is 29.6 Å². The summed E-state index contributed by atoms with van der Waals surface area (Å²) >= 11 is 0. The Bertz CT molecular complexity index is 1000. The van der Waals surface area contributed by atoms with E-state index in [1.54, 1.807) is 24.3 Å². The van der Waals surface area contributed by atoms with Crippen LogP contribution in [0, 0.1) is 13.8 Å². The molecule has 0 spiro atoms. The van der Waals surface area contributed by atoms with Crippen LogP contribution < -0.4 is 20.8 Å². The largest absolute Gasteiger partial charge is 0.484 e. The Labute approximate surface area is 199 Å². The molecule has 0 radical (unpaired) electrons. The summed E-state index contributed by atoms with van der Waals surface area (Å²) in [5.74, 6) is -1.36. The van der Waals surface area contributed by atoms with Crippen LogP contribution in [0.3, 0.4) is 0 Å². The molecule has 0 aliphatic rings. The van der Waals surface area contributed by atoms with E-state index in [-0.39, 0.29) is 18.6 Å². The van der Waals surface area contributed by atoms with Gasteiger partial charge < -0.3 is 20.1 Å². The number of nitrogens with one attached hydrogen (secondary N) is 3. The molecule has 0 bridgehead atoms. The molecule has 0 fully saturated rings. The fraction of sp³-hybridized carbons (Fsp3) is 0.360. The van der Waals surface area contributed by atoms with Crippen LogP contribution >= 0.6 is 0 Å². The van der Waals surface area contributed by atoms with Gasteiger partial charge in [-0.1, -0.05) is 6.07 Å². The monoisotopic (exact) mass is 468 g/mol. The third-order valence-electron chi connectivity index (χ3n) is 4.68. The second kappa shape index (κ2) is 13.7. The summed E-state index contributed by atoms with van der Waals surface area (Å²) in [5.41, 5.74) is 5.83. The molecule has 0 unspecified atom stereocenters. The number of hydrogen-bond donors (Lipinski definition) is 3. The van der Waals surface area contributed by atoms with Gasteiger partial charge >= 0.3 is 11.8 Å². The summed E-state index contributed by atoms with van der Waals surface area (Å²) in [7, 11) is 0. The van der Waals surface area contributed by atoms with Gasteiger partial charge in [0.05, 0.1) is 12.3 Å². The van der Waals surface area contributed by atoms with Crippen LogP contribution in [0.5, 0.6) is 5.75 Å². The van der Waals surface area contributed by atoms with Crippen LogP contribution in [0.4, 0.5) is 5.69 Å². The number of aryl methyl sites for hydroxylation is 2. The first-order chi connectivity index (χ1) is 16.2. The molecule has 0 saturated heterocycles. The predicted octanol–water partition coefficient (Wildman–Crippen LogP) is 2.70. The van der Waals surface area contributed by atoms with E-state index in [2.05, 4.69) is 21.2 Å². The number of benzene rings is 2. The fourth-order valence-electron chi connectivity index (χ4n) is 2.70. The van der Waals surface area contributed by atoms with E-state index in [0.29, 0.717) is 30.9 Å². The van der Waals surface area contributed by atoms with Crippen molar-refractivity contribution in [3.63, 3.8) is 0 Å². The molecular formula is C25H32N4O5. The molecule has 182 valence electrons. The molecule has 0 aliphatic carbocycles. The van der Waals surface area contributed by atoms with Gasteiger partial charge in [0.2, 0.25) is 0 Å². The van der Waals surface area contributed by atoms with Crippen molar-refractivity contribution in [2.45, 2.75) is 40.2 Å². The highest BCUT2D eigenvalue weighted by atomic mass is 16.5. The number of nitrogens with zero attached hydrogens (tertiary/aromatic N) is 1. The molecule has 3 amide bonds. The Morgan fingerprint density at radius 3 is 2.41 bits per heavy atom. The fourth-order valence-corrected chi connectivity index (χ4v) is 2.70. The lowest BCUT2D eigenvalue weighted by Gasteiger charge is -2.09. The maximum absolute atomic E-state index is 12.1. The zero-order valence-corrected chi connectivity index (χ0v) is 20.0. The first-order valence-corrected chi connectivity index (χ1v) is 11.1. The minimum Gasteiger partial charge on any atom is -0.484 e. The lowest BCUT2D eigenvalue weighted by atomic mass is 10.1. The highest BCUT2D eigenvalue weighted by molar-refractivity contribution is 6.35. The zero-order valence-electron chi connectivity index (χ0n) is 20.0. The molecule has 0 aliphatic heterocycles. The number of anilines is 1.